The Labute approximate surface area is 143 Å². The van der Waals surface area contributed by atoms with E-state index in [1.165, 1.54) is 25.3 Å². The molecule has 3 aliphatic rings. The highest BCUT2D eigenvalue weighted by Crippen LogP contribution is 2.46. The number of fused-ring (bicyclic) bond motifs is 1. The van der Waals surface area contributed by atoms with Gasteiger partial charge in [0, 0.05) is 13.0 Å². The van der Waals surface area contributed by atoms with Gasteiger partial charge in [-0.25, -0.2) is 0 Å². The van der Waals surface area contributed by atoms with Crippen LogP contribution in [-0.2, 0) is 9.59 Å². The zero-order valence-corrected chi connectivity index (χ0v) is 14.6. The van der Waals surface area contributed by atoms with Crippen LogP contribution in [0.25, 0.3) is 0 Å². The summed E-state index contributed by atoms with van der Waals surface area (Å²) in [6.07, 6.45) is 7.82. The molecule has 0 aromatic heterocycles. The Morgan fingerprint density at radius 3 is 2.54 bits per heavy atom. The fourth-order valence-corrected chi connectivity index (χ4v) is 4.83. The van der Waals surface area contributed by atoms with Gasteiger partial charge < -0.3 is 15.1 Å². The van der Waals surface area contributed by atoms with Crippen molar-refractivity contribution in [1.82, 2.24) is 4.90 Å². The van der Waals surface area contributed by atoms with E-state index in [2.05, 4.69) is 12.2 Å². The van der Waals surface area contributed by atoms with Gasteiger partial charge >= 0.3 is 0 Å². The van der Waals surface area contributed by atoms with Gasteiger partial charge in [-0.05, 0) is 37.5 Å². The van der Waals surface area contributed by atoms with Crippen molar-refractivity contribution in [2.24, 2.45) is 23.7 Å². The Morgan fingerprint density at radius 2 is 1.92 bits per heavy atom. The fourth-order valence-electron chi connectivity index (χ4n) is 4.83. The molecule has 1 heterocycles. The molecule has 2 N–H and O–H groups in total. The molecule has 5 nitrogen and oxygen atoms in total. The number of Topliss-reactive ketones (excluding diaryl/α,β-unsaturated/α-hetero) is 1. The number of ketones is 1. The van der Waals surface area contributed by atoms with Crippen LogP contribution in [0.3, 0.4) is 0 Å². The molecule has 24 heavy (non-hydrogen) atoms. The monoisotopic (exact) mass is 333 g/mol. The van der Waals surface area contributed by atoms with Crippen molar-refractivity contribution in [2.75, 3.05) is 7.05 Å². The standard InChI is InChI=1S/C19H27NO4/c1-10-8-9-12-6-4-5-7-13(12)14(10)17(22)15-18(23)16(11(2)21)20(3)19(15)24/h8-14,16,21-22H,4-7H2,1-3H3/b17-15+/t10-,11?,12+,13-,14-,16?/m1/s1. The molecule has 0 radical (unpaired) electrons. The first-order valence-electron chi connectivity index (χ1n) is 8.95. The summed E-state index contributed by atoms with van der Waals surface area (Å²) in [7, 11) is 1.51. The molecule has 1 aliphatic heterocycles. The van der Waals surface area contributed by atoms with Crippen LogP contribution in [0, 0.1) is 23.7 Å². The highest BCUT2D eigenvalue weighted by molar-refractivity contribution is 6.26. The minimum Gasteiger partial charge on any atom is -0.511 e. The van der Waals surface area contributed by atoms with E-state index < -0.39 is 23.8 Å². The number of aliphatic hydroxyl groups is 2. The first-order chi connectivity index (χ1) is 11.3. The number of likely N-dealkylation sites (N-methyl/N-ethyl adjacent to an activating group) is 1. The van der Waals surface area contributed by atoms with Crippen molar-refractivity contribution in [3.05, 3.63) is 23.5 Å². The van der Waals surface area contributed by atoms with Gasteiger partial charge in [-0.1, -0.05) is 31.9 Å². The van der Waals surface area contributed by atoms with Crippen molar-refractivity contribution in [1.29, 1.82) is 0 Å². The van der Waals surface area contributed by atoms with Gasteiger partial charge in [-0.15, -0.1) is 0 Å². The summed E-state index contributed by atoms with van der Waals surface area (Å²) >= 11 is 0. The van der Waals surface area contributed by atoms with Crippen LogP contribution in [0.2, 0.25) is 0 Å². The molecule has 5 heteroatoms. The van der Waals surface area contributed by atoms with Crippen LogP contribution < -0.4 is 0 Å². The van der Waals surface area contributed by atoms with Gasteiger partial charge in [0.05, 0.1) is 6.10 Å². The lowest BCUT2D eigenvalue weighted by Crippen LogP contribution is -2.40. The average molecular weight is 333 g/mol. The van der Waals surface area contributed by atoms with E-state index in [1.807, 2.05) is 6.92 Å². The number of allylic oxidation sites excluding steroid dienone is 3. The molecular weight excluding hydrogens is 306 g/mol. The molecule has 2 fully saturated rings. The van der Waals surface area contributed by atoms with Crippen molar-refractivity contribution < 1.29 is 19.8 Å². The SMILES string of the molecule is CC(O)C1C(=O)/C(=C(\O)[C@H]2[C@@H]3CCCC[C@H]3C=C[C@H]2C)C(=O)N1C. The first-order valence-corrected chi connectivity index (χ1v) is 8.95. The lowest BCUT2D eigenvalue weighted by atomic mass is 9.64. The van der Waals surface area contributed by atoms with E-state index in [1.54, 1.807) is 0 Å². The van der Waals surface area contributed by atoms with Gasteiger partial charge in [0.15, 0.2) is 5.78 Å². The molecule has 3 rings (SSSR count). The minimum absolute atomic E-state index is 0.0613. The van der Waals surface area contributed by atoms with E-state index in [0.717, 1.165) is 19.3 Å². The molecule has 132 valence electrons. The summed E-state index contributed by atoms with van der Waals surface area (Å²) in [6.45, 7) is 3.53. The summed E-state index contributed by atoms with van der Waals surface area (Å²) in [4.78, 5) is 26.4. The summed E-state index contributed by atoms with van der Waals surface area (Å²) in [5.41, 5.74) is -0.111. The summed E-state index contributed by atoms with van der Waals surface area (Å²) in [5.74, 6) is -0.393. The van der Waals surface area contributed by atoms with E-state index >= 15 is 0 Å². The Balaban J connectivity index is 2.01. The third-order valence-electron chi connectivity index (χ3n) is 6.06. The second-order valence-corrected chi connectivity index (χ2v) is 7.61. The quantitative estimate of drug-likeness (QED) is 0.351. The fraction of sp³-hybridized carbons (Fsp3) is 0.684. The minimum atomic E-state index is -0.956. The van der Waals surface area contributed by atoms with Crippen molar-refractivity contribution in [3.63, 3.8) is 0 Å². The van der Waals surface area contributed by atoms with E-state index in [4.69, 9.17) is 0 Å². The number of carbonyl (C=O) groups excluding carboxylic acids is 2. The molecule has 1 saturated heterocycles. The molecule has 2 aliphatic carbocycles. The second-order valence-electron chi connectivity index (χ2n) is 7.61. The molecule has 0 aromatic rings. The number of hydrogen-bond acceptors (Lipinski definition) is 4. The molecule has 0 aromatic carbocycles. The van der Waals surface area contributed by atoms with Crippen molar-refractivity contribution in [2.45, 2.75) is 51.7 Å². The maximum Gasteiger partial charge on any atom is 0.261 e. The van der Waals surface area contributed by atoms with E-state index in [-0.39, 0.29) is 29.1 Å². The number of amides is 1. The zero-order chi connectivity index (χ0) is 17.6. The number of carbonyl (C=O) groups is 2. The molecule has 1 saturated carbocycles. The molecule has 0 spiro atoms. The van der Waals surface area contributed by atoms with Gasteiger partial charge in [0.1, 0.15) is 17.4 Å². The number of nitrogens with zero attached hydrogens (tertiary/aromatic N) is 1. The van der Waals surface area contributed by atoms with Crippen molar-refractivity contribution >= 4 is 11.7 Å². The summed E-state index contributed by atoms with van der Waals surface area (Å²) in [5, 5.41) is 20.8. The van der Waals surface area contributed by atoms with Crippen LogP contribution >= 0.6 is 0 Å². The molecular formula is C19H27NO4. The highest BCUT2D eigenvalue weighted by Gasteiger charge is 2.48. The first kappa shape index (κ1) is 17.2. The molecule has 0 bridgehead atoms. The number of likely N-dealkylation sites (tertiary alicyclic amines) is 1. The topological polar surface area (TPSA) is 77.8 Å². The Kier molecular flexibility index (Phi) is 4.56. The normalized spacial score (nSPS) is 39.8. The van der Waals surface area contributed by atoms with Crippen LogP contribution in [0.5, 0.6) is 0 Å². The third kappa shape index (κ3) is 2.59. The van der Waals surface area contributed by atoms with Gasteiger partial charge in [-0.2, -0.15) is 0 Å². The maximum atomic E-state index is 12.7. The Bertz CT molecular complexity index is 606. The largest absolute Gasteiger partial charge is 0.511 e. The summed E-state index contributed by atoms with van der Waals surface area (Å²) in [6, 6.07) is -0.897. The number of rotatable bonds is 2. The van der Waals surface area contributed by atoms with Crippen LogP contribution in [0.4, 0.5) is 0 Å². The number of hydrogen-bond donors (Lipinski definition) is 2. The lowest BCUT2D eigenvalue weighted by molar-refractivity contribution is -0.128. The zero-order valence-electron chi connectivity index (χ0n) is 14.6. The summed E-state index contributed by atoms with van der Waals surface area (Å²) < 4.78 is 0. The van der Waals surface area contributed by atoms with Crippen molar-refractivity contribution in [3.8, 4) is 0 Å². The average Bonchev–Trinajstić information content (AvgIpc) is 2.76. The van der Waals surface area contributed by atoms with E-state index in [9.17, 15) is 19.8 Å². The predicted octanol–water partition coefficient (Wildman–Crippen LogP) is 2.22. The Morgan fingerprint density at radius 1 is 1.25 bits per heavy atom. The van der Waals surface area contributed by atoms with Gasteiger partial charge in [0.2, 0.25) is 0 Å². The number of aliphatic hydroxyl groups excluding tert-OH is 2. The second kappa shape index (κ2) is 6.36. The lowest BCUT2D eigenvalue weighted by Gasteiger charge is -2.41. The Hall–Kier alpha value is -1.62. The molecule has 1 amide bonds. The van der Waals surface area contributed by atoms with Crippen LogP contribution in [-0.4, -0.2) is 46.0 Å². The van der Waals surface area contributed by atoms with E-state index in [0.29, 0.717) is 5.92 Å². The molecule has 6 atom stereocenters. The van der Waals surface area contributed by atoms with Crippen LogP contribution in [0.1, 0.15) is 39.5 Å². The highest BCUT2D eigenvalue weighted by atomic mass is 16.3. The van der Waals surface area contributed by atoms with Gasteiger partial charge in [-0.3, -0.25) is 9.59 Å². The van der Waals surface area contributed by atoms with Gasteiger partial charge in [0.25, 0.3) is 5.91 Å². The predicted molar refractivity (Wildman–Crippen MR) is 90.1 cm³/mol. The smallest absolute Gasteiger partial charge is 0.261 e. The van der Waals surface area contributed by atoms with Crippen LogP contribution in [0.15, 0.2) is 23.5 Å². The molecule has 2 unspecified atom stereocenters. The third-order valence-corrected chi connectivity index (χ3v) is 6.06. The maximum absolute atomic E-state index is 12.7.